The van der Waals surface area contributed by atoms with Gasteiger partial charge < -0.3 is 5.73 Å². The maximum absolute atomic E-state index is 5.85. The molecule has 1 aromatic rings. The Balaban J connectivity index is 1.66. The molecule has 17 heavy (non-hydrogen) atoms. The van der Waals surface area contributed by atoms with E-state index in [4.69, 9.17) is 5.73 Å². The van der Waals surface area contributed by atoms with E-state index in [1.54, 1.807) is 0 Å². The Morgan fingerprint density at radius 2 is 2.18 bits per heavy atom. The molecule has 2 saturated carbocycles. The largest absolute Gasteiger partial charge is 0.329 e. The Bertz CT molecular complexity index is 381. The molecule has 1 heterocycles. The highest BCUT2D eigenvalue weighted by molar-refractivity contribution is 4.93. The topological polar surface area (TPSA) is 72.9 Å². The average Bonchev–Trinajstić information content (AvgIpc) is 3.21. The average molecular weight is 236 g/mol. The third-order valence-corrected chi connectivity index (χ3v) is 3.82. The second-order valence-electron chi connectivity index (χ2n) is 5.33. The van der Waals surface area contributed by atoms with Crippen molar-refractivity contribution in [3.63, 3.8) is 0 Å². The summed E-state index contributed by atoms with van der Waals surface area (Å²) in [5.74, 6) is 1.77. The Kier molecular flexibility index (Phi) is 2.84. The van der Waals surface area contributed by atoms with Gasteiger partial charge in [-0.15, -0.1) is 5.10 Å². The fourth-order valence-corrected chi connectivity index (χ4v) is 2.47. The van der Waals surface area contributed by atoms with Crippen molar-refractivity contribution in [1.82, 2.24) is 25.1 Å². The van der Waals surface area contributed by atoms with Crippen molar-refractivity contribution in [3.05, 3.63) is 5.82 Å². The Labute approximate surface area is 101 Å². The second kappa shape index (κ2) is 4.34. The molecule has 3 rings (SSSR count). The Hall–Kier alpha value is -1.01. The molecule has 1 atom stereocenters. The lowest BCUT2D eigenvalue weighted by Gasteiger charge is -2.26. The number of tetrazole rings is 1. The lowest BCUT2D eigenvalue weighted by Crippen LogP contribution is -2.39. The van der Waals surface area contributed by atoms with Crippen LogP contribution in [-0.4, -0.2) is 44.7 Å². The third-order valence-electron chi connectivity index (χ3n) is 3.82. The van der Waals surface area contributed by atoms with Gasteiger partial charge in [0, 0.05) is 12.6 Å². The number of nitrogens with zero attached hydrogens (tertiary/aromatic N) is 5. The van der Waals surface area contributed by atoms with Crippen LogP contribution in [0.15, 0.2) is 0 Å². The van der Waals surface area contributed by atoms with Gasteiger partial charge in [-0.05, 0) is 49.1 Å². The molecule has 6 nitrogen and oxygen atoms in total. The van der Waals surface area contributed by atoms with E-state index in [0.29, 0.717) is 12.1 Å². The van der Waals surface area contributed by atoms with E-state index in [-0.39, 0.29) is 0 Å². The molecule has 1 unspecified atom stereocenters. The van der Waals surface area contributed by atoms with Gasteiger partial charge in [0.2, 0.25) is 0 Å². The number of hydrogen-bond acceptors (Lipinski definition) is 5. The van der Waals surface area contributed by atoms with Gasteiger partial charge in [-0.1, -0.05) is 0 Å². The summed E-state index contributed by atoms with van der Waals surface area (Å²) in [5.41, 5.74) is 5.85. The van der Waals surface area contributed by atoms with Crippen LogP contribution in [-0.2, 0) is 6.54 Å². The summed E-state index contributed by atoms with van der Waals surface area (Å²) in [5, 5.41) is 12.0. The lowest BCUT2D eigenvalue weighted by molar-refractivity contribution is 0.207. The van der Waals surface area contributed by atoms with Crippen molar-refractivity contribution in [3.8, 4) is 0 Å². The molecular formula is C11H20N6. The maximum atomic E-state index is 5.85. The van der Waals surface area contributed by atoms with E-state index in [2.05, 4.69) is 27.5 Å². The number of likely N-dealkylation sites (N-methyl/N-ethyl adjacent to an activating group) is 1. The number of nitrogens with two attached hydrogens (primary N) is 1. The number of rotatable bonds is 6. The van der Waals surface area contributed by atoms with Crippen LogP contribution in [0.2, 0.25) is 0 Å². The zero-order valence-electron chi connectivity index (χ0n) is 10.3. The van der Waals surface area contributed by atoms with Crippen molar-refractivity contribution in [2.45, 2.75) is 44.3 Å². The minimum Gasteiger partial charge on any atom is -0.329 e. The molecule has 2 aliphatic carbocycles. The zero-order valence-corrected chi connectivity index (χ0v) is 10.3. The molecule has 0 aromatic carbocycles. The standard InChI is InChI=1S/C11H20N6/c1-16(10(6-12)8-2-3-8)7-11-13-14-15-17(11)9-4-5-9/h8-10H,2-7,12H2,1H3. The molecule has 94 valence electrons. The van der Waals surface area contributed by atoms with Crippen molar-refractivity contribution >= 4 is 0 Å². The van der Waals surface area contributed by atoms with Crippen LogP contribution in [0.25, 0.3) is 0 Å². The highest BCUT2D eigenvalue weighted by Crippen LogP contribution is 2.36. The molecule has 2 fully saturated rings. The van der Waals surface area contributed by atoms with Crippen LogP contribution in [0.1, 0.15) is 37.5 Å². The van der Waals surface area contributed by atoms with Crippen molar-refractivity contribution in [2.75, 3.05) is 13.6 Å². The third kappa shape index (κ3) is 2.32. The van der Waals surface area contributed by atoms with E-state index < -0.39 is 0 Å². The lowest BCUT2D eigenvalue weighted by atomic mass is 10.1. The molecule has 1 aromatic heterocycles. The minimum absolute atomic E-state index is 0.486. The van der Waals surface area contributed by atoms with E-state index in [9.17, 15) is 0 Å². The number of hydrogen-bond donors (Lipinski definition) is 1. The fraction of sp³-hybridized carbons (Fsp3) is 0.909. The monoisotopic (exact) mass is 236 g/mol. The first kappa shape index (κ1) is 11.1. The van der Waals surface area contributed by atoms with E-state index in [1.807, 2.05) is 4.68 Å². The molecule has 0 bridgehead atoms. The summed E-state index contributed by atoms with van der Waals surface area (Å²) in [6, 6.07) is 1.03. The van der Waals surface area contributed by atoms with Gasteiger partial charge in [-0.25, -0.2) is 4.68 Å². The van der Waals surface area contributed by atoms with Gasteiger partial charge in [0.15, 0.2) is 5.82 Å². The summed E-state index contributed by atoms with van der Waals surface area (Å²) in [6.45, 7) is 1.54. The van der Waals surface area contributed by atoms with Crippen molar-refractivity contribution in [2.24, 2.45) is 11.7 Å². The van der Waals surface area contributed by atoms with E-state index in [0.717, 1.165) is 24.8 Å². The van der Waals surface area contributed by atoms with Crippen LogP contribution < -0.4 is 5.73 Å². The summed E-state index contributed by atoms with van der Waals surface area (Å²) in [6.07, 6.45) is 5.06. The van der Waals surface area contributed by atoms with Gasteiger partial charge in [-0.3, -0.25) is 4.90 Å². The maximum Gasteiger partial charge on any atom is 0.165 e. The van der Waals surface area contributed by atoms with Crippen LogP contribution in [0, 0.1) is 5.92 Å². The molecule has 2 N–H and O–H groups in total. The Morgan fingerprint density at radius 3 is 2.76 bits per heavy atom. The second-order valence-corrected chi connectivity index (χ2v) is 5.33. The SMILES string of the molecule is CN(Cc1nnnn1C1CC1)C(CN)C1CC1. The summed E-state index contributed by atoms with van der Waals surface area (Å²) in [4.78, 5) is 2.31. The summed E-state index contributed by atoms with van der Waals surface area (Å²) < 4.78 is 1.98. The predicted octanol–water partition coefficient (Wildman–Crippen LogP) is 0.177. The normalized spacial score (nSPS) is 22.1. The van der Waals surface area contributed by atoms with Gasteiger partial charge >= 0.3 is 0 Å². The van der Waals surface area contributed by atoms with Crippen LogP contribution in [0.5, 0.6) is 0 Å². The van der Waals surface area contributed by atoms with Crippen LogP contribution >= 0.6 is 0 Å². The zero-order chi connectivity index (χ0) is 11.8. The first-order valence-electron chi connectivity index (χ1n) is 6.46. The van der Waals surface area contributed by atoms with Crippen molar-refractivity contribution < 1.29 is 0 Å². The Morgan fingerprint density at radius 1 is 1.41 bits per heavy atom. The summed E-state index contributed by atoms with van der Waals surface area (Å²) in [7, 11) is 2.13. The first-order valence-corrected chi connectivity index (χ1v) is 6.46. The van der Waals surface area contributed by atoms with Gasteiger partial charge in [0.25, 0.3) is 0 Å². The molecule has 0 aliphatic heterocycles. The number of aromatic nitrogens is 4. The van der Waals surface area contributed by atoms with Crippen molar-refractivity contribution in [1.29, 1.82) is 0 Å². The molecule has 2 aliphatic rings. The first-order chi connectivity index (χ1) is 8.29. The molecule has 0 spiro atoms. The highest BCUT2D eigenvalue weighted by atomic mass is 15.6. The fourth-order valence-electron chi connectivity index (χ4n) is 2.47. The minimum atomic E-state index is 0.486. The highest BCUT2D eigenvalue weighted by Gasteiger charge is 2.34. The smallest absolute Gasteiger partial charge is 0.165 e. The predicted molar refractivity (Wildman–Crippen MR) is 63.1 cm³/mol. The van der Waals surface area contributed by atoms with Crippen LogP contribution in [0.4, 0.5) is 0 Å². The molecule has 6 heteroatoms. The van der Waals surface area contributed by atoms with Gasteiger partial charge in [0.05, 0.1) is 12.6 Å². The quantitative estimate of drug-likeness (QED) is 0.762. The van der Waals surface area contributed by atoms with E-state index >= 15 is 0 Å². The van der Waals surface area contributed by atoms with E-state index in [1.165, 1.54) is 25.7 Å². The van der Waals surface area contributed by atoms with Gasteiger partial charge in [0.1, 0.15) is 0 Å². The van der Waals surface area contributed by atoms with Gasteiger partial charge in [-0.2, -0.15) is 0 Å². The summed E-state index contributed by atoms with van der Waals surface area (Å²) >= 11 is 0. The molecule has 0 amide bonds. The molecular weight excluding hydrogens is 216 g/mol. The molecule has 0 saturated heterocycles. The van der Waals surface area contributed by atoms with Crippen LogP contribution in [0.3, 0.4) is 0 Å². The molecule has 0 radical (unpaired) electrons.